The lowest BCUT2D eigenvalue weighted by Gasteiger charge is -2.12. The van der Waals surface area contributed by atoms with Crippen molar-refractivity contribution in [3.8, 4) is 0 Å². The number of hydrogen-bond acceptors (Lipinski definition) is 1. The average Bonchev–Trinajstić information content (AvgIpc) is 2.65. The molecule has 0 spiro atoms. The van der Waals surface area contributed by atoms with E-state index in [-0.39, 0.29) is 6.17 Å². The number of nitrogens with zero attached hydrogens (tertiary/aromatic N) is 2. The zero-order valence-corrected chi connectivity index (χ0v) is 7.09. The lowest BCUT2D eigenvalue weighted by molar-refractivity contribution is -0.495. The fraction of sp³-hybridized carbons (Fsp3) is 0.0909. The van der Waals surface area contributed by atoms with Gasteiger partial charge >= 0.3 is 0 Å². The van der Waals surface area contributed by atoms with Crippen LogP contribution in [-0.4, -0.2) is 17.0 Å². The summed E-state index contributed by atoms with van der Waals surface area (Å²) in [5.74, 6) is 0. The molecule has 0 aliphatic carbocycles. The maximum Gasteiger partial charge on any atom is 0.277 e. The summed E-state index contributed by atoms with van der Waals surface area (Å²) >= 11 is 0. The van der Waals surface area contributed by atoms with Gasteiger partial charge in [0.05, 0.1) is 11.8 Å². The third kappa shape index (κ3) is 0.886. The molecule has 0 radical (unpaired) electrons. The molecule has 0 saturated heterocycles. The molecule has 0 fully saturated rings. The molecule has 0 aromatic heterocycles. The van der Waals surface area contributed by atoms with E-state index in [1.165, 1.54) is 11.1 Å². The summed E-state index contributed by atoms with van der Waals surface area (Å²) in [5.41, 5.74) is 2.56. The average molecular weight is 169 g/mol. The van der Waals surface area contributed by atoms with Gasteiger partial charge in [-0.2, -0.15) is 4.58 Å². The van der Waals surface area contributed by atoms with Gasteiger partial charge in [-0.25, -0.2) is 4.99 Å². The number of fused-ring (bicyclic) bond motifs is 3. The van der Waals surface area contributed by atoms with Crippen molar-refractivity contribution in [1.29, 1.82) is 0 Å². The van der Waals surface area contributed by atoms with E-state index in [0.29, 0.717) is 0 Å². The first-order valence-electron chi connectivity index (χ1n) is 4.36. The molecule has 62 valence electrons. The van der Waals surface area contributed by atoms with Crippen LogP contribution in [0.5, 0.6) is 0 Å². The van der Waals surface area contributed by atoms with Crippen molar-refractivity contribution >= 4 is 18.5 Å². The van der Waals surface area contributed by atoms with E-state index in [9.17, 15) is 0 Å². The topological polar surface area (TPSA) is 15.4 Å². The van der Waals surface area contributed by atoms with Crippen LogP contribution in [-0.2, 0) is 0 Å². The van der Waals surface area contributed by atoms with Gasteiger partial charge in [-0.3, -0.25) is 0 Å². The van der Waals surface area contributed by atoms with E-state index in [2.05, 4.69) is 46.1 Å². The first-order chi connectivity index (χ1) is 6.45. The highest BCUT2D eigenvalue weighted by Crippen LogP contribution is 2.28. The zero-order chi connectivity index (χ0) is 8.67. The molecule has 1 atom stereocenters. The molecule has 13 heavy (non-hydrogen) atoms. The van der Waals surface area contributed by atoms with Gasteiger partial charge in [0.15, 0.2) is 12.4 Å². The van der Waals surface area contributed by atoms with Crippen molar-refractivity contribution < 1.29 is 4.58 Å². The summed E-state index contributed by atoms with van der Waals surface area (Å²) < 4.78 is 2.11. The number of rotatable bonds is 0. The molecule has 2 aliphatic rings. The Kier molecular flexibility index (Phi) is 1.25. The van der Waals surface area contributed by atoms with Gasteiger partial charge in [0.1, 0.15) is 0 Å². The van der Waals surface area contributed by atoms with Gasteiger partial charge in [0.25, 0.3) is 6.17 Å². The second kappa shape index (κ2) is 2.39. The van der Waals surface area contributed by atoms with Crippen LogP contribution >= 0.6 is 0 Å². The highest BCUT2D eigenvalue weighted by atomic mass is 15.2. The van der Waals surface area contributed by atoms with Gasteiger partial charge in [0, 0.05) is 6.08 Å². The van der Waals surface area contributed by atoms with Crippen molar-refractivity contribution in [2.24, 2.45) is 4.99 Å². The smallest absolute Gasteiger partial charge is 0.215 e. The van der Waals surface area contributed by atoms with E-state index in [1.54, 1.807) is 0 Å². The van der Waals surface area contributed by atoms with E-state index in [1.807, 2.05) is 12.4 Å². The van der Waals surface area contributed by atoms with E-state index in [4.69, 9.17) is 0 Å². The third-order valence-corrected chi connectivity index (χ3v) is 2.45. The molecule has 2 aliphatic heterocycles. The highest BCUT2D eigenvalue weighted by Gasteiger charge is 2.28. The number of benzene rings is 1. The van der Waals surface area contributed by atoms with Gasteiger partial charge in [-0.05, 0) is 11.6 Å². The Balaban J connectivity index is 2.25. The molecule has 0 amide bonds. The normalized spacial score (nSPS) is 22.5. The second-order valence-corrected chi connectivity index (χ2v) is 3.21. The number of aliphatic imine (C=N–C) groups is 1. The minimum absolute atomic E-state index is 0.182. The van der Waals surface area contributed by atoms with Crippen LogP contribution in [0.3, 0.4) is 0 Å². The summed E-state index contributed by atoms with van der Waals surface area (Å²) in [4.78, 5) is 4.39. The van der Waals surface area contributed by atoms with Crippen molar-refractivity contribution in [3.05, 3.63) is 41.6 Å². The van der Waals surface area contributed by atoms with Gasteiger partial charge in [-0.1, -0.05) is 18.2 Å². The minimum atomic E-state index is 0.182. The summed E-state index contributed by atoms with van der Waals surface area (Å²) in [6.45, 7) is 0. The molecular formula is C11H9N2+. The van der Waals surface area contributed by atoms with Crippen LogP contribution in [0.1, 0.15) is 17.3 Å². The SMILES string of the molecule is C1=C[N+]2=CC=NC2c2ccccc21. The van der Waals surface area contributed by atoms with E-state index in [0.717, 1.165) is 0 Å². The van der Waals surface area contributed by atoms with Crippen LogP contribution < -0.4 is 0 Å². The first-order valence-corrected chi connectivity index (χ1v) is 4.36. The summed E-state index contributed by atoms with van der Waals surface area (Å²) in [7, 11) is 0. The quantitative estimate of drug-likeness (QED) is 0.526. The predicted octanol–water partition coefficient (Wildman–Crippen LogP) is 1.84. The Morgan fingerprint density at radius 1 is 1.23 bits per heavy atom. The lowest BCUT2D eigenvalue weighted by Crippen LogP contribution is -2.12. The Morgan fingerprint density at radius 3 is 3.15 bits per heavy atom. The van der Waals surface area contributed by atoms with E-state index < -0.39 is 0 Å². The fourth-order valence-electron chi connectivity index (χ4n) is 1.79. The number of hydrogen-bond donors (Lipinski definition) is 0. The summed E-state index contributed by atoms with van der Waals surface area (Å²) in [6, 6.07) is 8.37. The highest BCUT2D eigenvalue weighted by molar-refractivity contribution is 6.14. The summed E-state index contributed by atoms with van der Waals surface area (Å²) in [5, 5.41) is 0. The molecule has 3 rings (SSSR count). The van der Waals surface area contributed by atoms with Crippen LogP contribution in [0.4, 0.5) is 0 Å². The van der Waals surface area contributed by atoms with Crippen LogP contribution in [0, 0.1) is 0 Å². The Labute approximate surface area is 76.6 Å². The largest absolute Gasteiger partial charge is 0.277 e. The fourth-order valence-corrected chi connectivity index (χ4v) is 1.79. The molecule has 0 N–H and O–H groups in total. The van der Waals surface area contributed by atoms with Crippen molar-refractivity contribution in [2.45, 2.75) is 6.17 Å². The molecular weight excluding hydrogens is 160 g/mol. The van der Waals surface area contributed by atoms with Crippen molar-refractivity contribution in [2.75, 3.05) is 0 Å². The maximum atomic E-state index is 4.39. The third-order valence-electron chi connectivity index (χ3n) is 2.45. The lowest BCUT2D eigenvalue weighted by atomic mass is 10.0. The summed E-state index contributed by atoms with van der Waals surface area (Å²) in [6.07, 6.45) is 8.23. The van der Waals surface area contributed by atoms with Crippen LogP contribution in [0.15, 0.2) is 35.5 Å². The molecule has 2 heterocycles. The zero-order valence-electron chi connectivity index (χ0n) is 7.09. The monoisotopic (exact) mass is 169 g/mol. The van der Waals surface area contributed by atoms with Crippen LogP contribution in [0.25, 0.3) is 6.08 Å². The molecule has 1 unspecified atom stereocenters. The Bertz CT molecular complexity index is 441. The molecule has 2 heteroatoms. The van der Waals surface area contributed by atoms with Gasteiger partial charge in [-0.15, -0.1) is 0 Å². The van der Waals surface area contributed by atoms with Crippen molar-refractivity contribution in [3.63, 3.8) is 0 Å². The van der Waals surface area contributed by atoms with Crippen molar-refractivity contribution in [1.82, 2.24) is 0 Å². The van der Waals surface area contributed by atoms with Crippen LogP contribution in [0.2, 0.25) is 0 Å². The van der Waals surface area contributed by atoms with Gasteiger partial charge in [0.2, 0.25) is 0 Å². The maximum absolute atomic E-state index is 4.39. The van der Waals surface area contributed by atoms with Gasteiger partial charge < -0.3 is 0 Å². The Hall–Kier alpha value is -1.70. The second-order valence-electron chi connectivity index (χ2n) is 3.21. The molecule has 1 aromatic rings. The molecule has 0 saturated carbocycles. The standard InChI is InChI=1S/C11H9N2/c1-2-4-10-9(3-1)5-7-13-8-6-12-11(10)13/h1-8,11H/q+1. The molecule has 2 nitrogen and oxygen atoms in total. The predicted molar refractivity (Wildman–Crippen MR) is 53.0 cm³/mol. The van der Waals surface area contributed by atoms with E-state index >= 15 is 0 Å². The minimum Gasteiger partial charge on any atom is -0.215 e. The molecule has 0 bridgehead atoms. The Morgan fingerprint density at radius 2 is 2.15 bits per heavy atom. The molecule has 1 aromatic carbocycles. The first kappa shape index (κ1) is 6.78.